The number of ether oxygens (including phenoxy) is 2. The number of carbonyl (C=O) groups is 1. The van der Waals surface area contributed by atoms with Gasteiger partial charge in [-0.15, -0.1) is 0 Å². The van der Waals surface area contributed by atoms with E-state index >= 15 is 0 Å². The van der Waals surface area contributed by atoms with E-state index in [9.17, 15) is 9.18 Å². The topological polar surface area (TPSA) is 89.7 Å². The average Bonchev–Trinajstić information content (AvgIpc) is 3.34. The lowest BCUT2D eigenvalue weighted by molar-refractivity contribution is 0.0601. The number of benzene rings is 1. The highest BCUT2D eigenvalue weighted by molar-refractivity contribution is 7.16. The molecule has 1 aromatic carbocycles. The molecular weight excluding hydrogens is 435 g/mol. The third-order valence-electron chi connectivity index (χ3n) is 5.27. The first kappa shape index (κ1) is 20.9. The molecule has 0 spiro atoms. The number of fused-ring (bicyclic) bond motifs is 4. The van der Waals surface area contributed by atoms with Gasteiger partial charge in [-0.2, -0.15) is 0 Å². The number of hydrogen-bond acceptors (Lipinski definition) is 8. The second-order valence-electron chi connectivity index (χ2n) is 8.83. The Hall–Kier alpha value is -2.98. The highest BCUT2D eigenvalue weighted by Gasteiger charge is 2.42. The fourth-order valence-electron chi connectivity index (χ4n) is 4.01. The lowest BCUT2D eigenvalue weighted by Gasteiger charge is -2.44. The average molecular weight is 459 g/mol. The molecule has 1 saturated heterocycles. The highest BCUT2D eigenvalue weighted by Crippen LogP contribution is 2.43. The Balaban J connectivity index is 1.40. The van der Waals surface area contributed by atoms with Crippen LogP contribution in [0.3, 0.4) is 0 Å². The van der Waals surface area contributed by atoms with Gasteiger partial charge in [-0.1, -0.05) is 16.5 Å². The lowest BCUT2D eigenvalue weighted by atomic mass is 9.96. The molecule has 168 valence electrons. The number of thiazole rings is 1. The Morgan fingerprint density at radius 3 is 2.81 bits per heavy atom. The molecule has 2 aliphatic rings. The van der Waals surface area contributed by atoms with Crippen molar-refractivity contribution >= 4 is 28.4 Å². The molecule has 5 rings (SSSR count). The Morgan fingerprint density at radius 2 is 2.06 bits per heavy atom. The van der Waals surface area contributed by atoms with E-state index in [4.69, 9.17) is 14.0 Å². The Bertz CT molecular complexity index is 1140. The van der Waals surface area contributed by atoms with Crippen molar-refractivity contribution in [2.24, 2.45) is 0 Å². The first-order chi connectivity index (χ1) is 15.3. The predicted molar refractivity (Wildman–Crippen MR) is 117 cm³/mol. The number of morpholine rings is 1. The van der Waals surface area contributed by atoms with Crippen molar-refractivity contribution in [1.29, 1.82) is 0 Å². The molecule has 0 saturated carbocycles. The summed E-state index contributed by atoms with van der Waals surface area (Å²) in [6.07, 6.45) is 0.136. The van der Waals surface area contributed by atoms with Gasteiger partial charge >= 0.3 is 6.09 Å². The van der Waals surface area contributed by atoms with Gasteiger partial charge in [0.25, 0.3) is 0 Å². The molecule has 1 fully saturated rings. The minimum Gasteiger partial charge on any atom is -0.444 e. The third-order valence-corrected chi connectivity index (χ3v) is 6.39. The normalized spacial score (nSPS) is 20.1. The number of anilines is 2. The summed E-state index contributed by atoms with van der Waals surface area (Å²) in [6.45, 7) is 6.47. The van der Waals surface area contributed by atoms with E-state index in [1.165, 1.54) is 23.5 Å². The number of carbonyl (C=O) groups excluding carboxylic acids is 1. The van der Waals surface area contributed by atoms with E-state index in [1.807, 2.05) is 26.8 Å². The molecule has 0 radical (unpaired) electrons. The number of nitrogens with one attached hydrogen (secondary N) is 1. The van der Waals surface area contributed by atoms with Crippen molar-refractivity contribution in [1.82, 2.24) is 10.1 Å². The first-order valence-electron chi connectivity index (χ1n) is 10.4. The van der Waals surface area contributed by atoms with Crippen molar-refractivity contribution in [2.45, 2.75) is 44.9 Å². The molecule has 32 heavy (non-hydrogen) atoms. The van der Waals surface area contributed by atoms with Crippen LogP contribution in [0.4, 0.5) is 20.1 Å². The molecule has 0 unspecified atom stereocenters. The molecule has 10 heteroatoms. The van der Waals surface area contributed by atoms with Crippen LogP contribution in [0.5, 0.6) is 0 Å². The summed E-state index contributed by atoms with van der Waals surface area (Å²) in [5.74, 6) is 0.967. The second-order valence-corrected chi connectivity index (χ2v) is 9.86. The minimum atomic E-state index is -0.586. The van der Waals surface area contributed by atoms with E-state index in [2.05, 4.69) is 20.4 Å². The molecule has 1 N–H and O–H groups in total. The van der Waals surface area contributed by atoms with Crippen LogP contribution in [0.15, 0.2) is 34.9 Å². The summed E-state index contributed by atoms with van der Waals surface area (Å²) in [6, 6.07) is 7.93. The maximum Gasteiger partial charge on any atom is 0.413 e. The van der Waals surface area contributed by atoms with Crippen LogP contribution in [0.2, 0.25) is 0 Å². The lowest BCUT2D eigenvalue weighted by Crippen LogP contribution is -2.51. The Labute approximate surface area is 188 Å². The van der Waals surface area contributed by atoms with E-state index < -0.39 is 11.7 Å². The number of halogens is 1. The Morgan fingerprint density at radius 1 is 1.28 bits per heavy atom. The van der Waals surface area contributed by atoms with Gasteiger partial charge in [0.05, 0.1) is 35.9 Å². The predicted octanol–water partition coefficient (Wildman–Crippen LogP) is 4.79. The molecule has 3 aromatic rings. The van der Waals surface area contributed by atoms with E-state index in [0.717, 1.165) is 16.1 Å². The summed E-state index contributed by atoms with van der Waals surface area (Å²) in [4.78, 5) is 20.0. The van der Waals surface area contributed by atoms with Crippen LogP contribution in [0.1, 0.15) is 37.4 Å². The minimum absolute atomic E-state index is 0.0453. The van der Waals surface area contributed by atoms with Crippen LogP contribution in [-0.2, 0) is 15.9 Å². The molecule has 1 amide bonds. The zero-order valence-electron chi connectivity index (χ0n) is 17.9. The van der Waals surface area contributed by atoms with E-state index in [0.29, 0.717) is 36.3 Å². The van der Waals surface area contributed by atoms with Crippen LogP contribution >= 0.6 is 11.3 Å². The van der Waals surface area contributed by atoms with Crippen molar-refractivity contribution in [3.05, 3.63) is 46.7 Å². The fraction of sp³-hybridized carbons (Fsp3) is 0.409. The van der Waals surface area contributed by atoms with Crippen LogP contribution in [0, 0.1) is 5.82 Å². The smallest absolute Gasteiger partial charge is 0.413 e. The number of rotatable bonds is 3. The third kappa shape index (κ3) is 4.07. The molecule has 8 nitrogen and oxygen atoms in total. The molecular formula is C22H23FN4O4S. The number of nitrogens with zero attached hydrogens (tertiary/aromatic N) is 3. The number of aromatic nitrogens is 2. The van der Waals surface area contributed by atoms with Crippen LogP contribution < -0.4 is 10.2 Å². The summed E-state index contributed by atoms with van der Waals surface area (Å²) >= 11 is 1.42. The van der Waals surface area contributed by atoms with Crippen molar-refractivity contribution in [3.8, 4) is 11.3 Å². The van der Waals surface area contributed by atoms with Crippen LogP contribution in [-0.4, -0.2) is 41.1 Å². The van der Waals surface area contributed by atoms with Gasteiger partial charge < -0.3 is 18.9 Å². The molecule has 2 aliphatic heterocycles. The fourth-order valence-corrected chi connectivity index (χ4v) is 5.08. The SMILES string of the molecule is CC(C)(C)OC(=O)Nc1nc2c(s1)[C@@H]1COC[C@H](C2)N1c1cc(-c2ccc(F)cc2)on1. The first-order valence-corrected chi connectivity index (χ1v) is 11.2. The zero-order chi connectivity index (χ0) is 22.5. The number of hydrogen-bond donors (Lipinski definition) is 1. The quantitative estimate of drug-likeness (QED) is 0.604. The van der Waals surface area contributed by atoms with Gasteiger partial charge in [0.2, 0.25) is 0 Å². The van der Waals surface area contributed by atoms with Crippen LogP contribution in [0.25, 0.3) is 11.3 Å². The van der Waals surface area contributed by atoms with Gasteiger partial charge in [0, 0.05) is 18.1 Å². The van der Waals surface area contributed by atoms with E-state index in [-0.39, 0.29) is 17.9 Å². The molecule has 2 atom stereocenters. The van der Waals surface area contributed by atoms with Gasteiger partial charge in [-0.05, 0) is 45.0 Å². The second kappa shape index (κ2) is 7.86. The molecule has 2 aromatic heterocycles. The van der Waals surface area contributed by atoms with Gasteiger partial charge in [-0.3, -0.25) is 5.32 Å². The van der Waals surface area contributed by atoms with Gasteiger partial charge in [0.1, 0.15) is 11.4 Å². The summed E-state index contributed by atoms with van der Waals surface area (Å²) < 4.78 is 30.0. The molecule has 2 bridgehead atoms. The highest BCUT2D eigenvalue weighted by atomic mass is 32.1. The largest absolute Gasteiger partial charge is 0.444 e. The van der Waals surface area contributed by atoms with Gasteiger partial charge in [0.15, 0.2) is 16.7 Å². The molecule has 0 aliphatic carbocycles. The van der Waals surface area contributed by atoms with E-state index in [1.54, 1.807) is 12.1 Å². The Kier molecular flexibility index (Phi) is 5.13. The zero-order valence-corrected chi connectivity index (χ0v) is 18.7. The standard InChI is InChI=1S/C22H23FN4O4S/c1-22(2,3)30-21(28)25-20-24-15-8-14-10-29-11-16(19(15)32-20)27(14)18-9-17(31-26-18)12-4-6-13(23)7-5-12/h4-7,9,14,16H,8,10-11H2,1-3H3,(H,24,25,28)/t14-,16-/m0/s1. The summed E-state index contributed by atoms with van der Waals surface area (Å²) in [7, 11) is 0. The number of amides is 1. The monoisotopic (exact) mass is 458 g/mol. The van der Waals surface area contributed by atoms with Gasteiger partial charge in [-0.25, -0.2) is 14.2 Å². The maximum absolute atomic E-state index is 13.2. The van der Waals surface area contributed by atoms with Crippen molar-refractivity contribution in [3.63, 3.8) is 0 Å². The summed E-state index contributed by atoms with van der Waals surface area (Å²) in [5.41, 5.74) is 1.13. The van der Waals surface area contributed by atoms with Crippen molar-refractivity contribution in [2.75, 3.05) is 23.4 Å². The maximum atomic E-state index is 13.2. The molecule has 4 heterocycles. The van der Waals surface area contributed by atoms with Crippen molar-refractivity contribution < 1.29 is 23.2 Å². The summed E-state index contributed by atoms with van der Waals surface area (Å²) in [5, 5.41) is 7.53.